The monoisotopic (exact) mass is 358 g/mol. The minimum absolute atomic E-state index is 0.118. The lowest BCUT2D eigenvalue weighted by atomic mass is 10.1. The van der Waals surface area contributed by atoms with E-state index in [1.54, 1.807) is 18.0 Å². The molecule has 2 aromatic carbocycles. The van der Waals surface area contributed by atoms with Crippen molar-refractivity contribution in [3.63, 3.8) is 0 Å². The Morgan fingerprint density at radius 1 is 1.08 bits per heavy atom. The van der Waals surface area contributed by atoms with Gasteiger partial charge in [-0.05, 0) is 23.6 Å². The molecule has 0 saturated heterocycles. The summed E-state index contributed by atoms with van der Waals surface area (Å²) in [5, 5.41) is 3.21. The van der Waals surface area contributed by atoms with E-state index >= 15 is 0 Å². The van der Waals surface area contributed by atoms with E-state index in [9.17, 15) is 9.59 Å². The number of rotatable bonds is 7. The minimum Gasteiger partial charge on any atom is -0.357 e. The van der Waals surface area contributed by atoms with Gasteiger partial charge in [0.05, 0.1) is 6.42 Å². The van der Waals surface area contributed by atoms with Crippen LogP contribution in [0.4, 0.5) is 0 Å². The molecule has 2 aromatic rings. The van der Waals surface area contributed by atoms with Crippen molar-refractivity contribution in [2.45, 2.75) is 32.4 Å². The second kappa shape index (κ2) is 9.23. The van der Waals surface area contributed by atoms with E-state index < -0.39 is 6.04 Å². The van der Waals surface area contributed by atoms with Crippen LogP contribution in [0, 0.1) is 0 Å². The van der Waals surface area contributed by atoms with Crippen LogP contribution in [-0.4, -0.2) is 29.8 Å². The SMILES string of the molecule is CC[C@@H](C(=O)NC)N(Cc1ccccc1)C(=O)Cc1ccccc1Cl. The van der Waals surface area contributed by atoms with E-state index in [0.29, 0.717) is 18.0 Å². The van der Waals surface area contributed by atoms with Gasteiger partial charge < -0.3 is 10.2 Å². The fourth-order valence-electron chi connectivity index (χ4n) is 2.77. The highest BCUT2D eigenvalue weighted by atomic mass is 35.5. The molecule has 4 nitrogen and oxygen atoms in total. The summed E-state index contributed by atoms with van der Waals surface area (Å²) in [4.78, 5) is 26.9. The lowest BCUT2D eigenvalue weighted by Gasteiger charge is -2.30. The summed E-state index contributed by atoms with van der Waals surface area (Å²) < 4.78 is 0. The predicted octanol–water partition coefficient (Wildman–Crippen LogP) is 3.44. The van der Waals surface area contributed by atoms with E-state index in [-0.39, 0.29) is 18.2 Å². The van der Waals surface area contributed by atoms with Crippen molar-refractivity contribution in [2.75, 3.05) is 7.05 Å². The van der Waals surface area contributed by atoms with Crippen molar-refractivity contribution >= 4 is 23.4 Å². The standard InChI is InChI=1S/C20H23ClN2O2/c1-3-18(20(25)22-2)23(14-15-9-5-4-6-10-15)19(24)13-16-11-7-8-12-17(16)21/h4-12,18H,3,13-14H2,1-2H3,(H,22,25)/t18-/m0/s1. The van der Waals surface area contributed by atoms with Gasteiger partial charge in [-0.2, -0.15) is 0 Å². The van der Waals surface area contributed by atoms with Crippen LogP contribution in [-0.2, 0) is 22.6 Å². The quantitative estimate of drug-likeness (QED) is 0.824. The van der Waals surface area contributed by atoms with E-state index in [2.05, 4.69) is 5.32 Å². The summed E-state index contributed by atoms with van der Waals surface area (Å²) in [6.07, 6.45) is 0.709. The summed E-state index contributed by atoms with van der Waals surface area (Å²) in [7, 11) is 1.59. The fraction of sp³-hybridized carbons (Fsp3) is 0.300. The van der Waals surface area contributed by atoms with Crippen LogP contribution in [0.15, 0.2) is 54.6 Å². The van der Waals surface area contributed by atoms with Gasteiger partial charge in [0.1, 0.15) is 6.04 Å². The van der Waals surface area contributed by atoms with Gasteiger partial charge in [0.15, 0.2) is 0 Å². The molecule has 25 heavy (non-hydrogen) atoms. The molecule has 0 heterocycles. The topological polar surface area (TPSA) is 49.4 Å². The fourth-order valence-corrected chi connectivity index (χ4v) is 2.98. The maximum atomic E-state index is 13.0. The Labute approximate surface area is 153 Å². The van der Waals surface area contributed by atoms with Crippen molar-refractivity contribution in [1.29, 1.82) is 0 Å². The third-order valence-electron chi connectivity index (χ3n) is 4.13. The largest absolute Gasteiger partial charge is 0.357 e. The van der Waals surface area contributed by atoms with Crippen LogP contribution in [0.1, 0.15) is 24.5 Å². The van der Waals surface area contributed by atoms with Gasteiger partial charge in [0.2, 0.25) is 11.8 Å². The molecule has 2 rings (SSSR count). The van der Waals surface area contributed by atoms with E-state index in [0.717, 1.165) is 11.1 Å². The van der Waals surface area contributed by atoms with E-state index in [4.69, 9.17) is 11.6 Å². The van der Waals surface area contributed by atoms with Gasteiger partial charge in [-0.3, -0.25) is 9.59 Å². The third kappa shape index (κ3) is 5.07. The van der Waals surface area contributed by atoms with Gasteiger partial charge in [-0.25, -0.2) is 0 Å². The summed E-state index contributed by atoms with van der Waals surface area (Å²) in [6.45, 7) is 2.29. The molecule has 0 fully saturated rings. The molecule has 0 bridgehead atoms. The molecule has 0 radical (unpaired) electrons. The van der Waals surface area contributed by atoms with Gasteiger partial charge in [-0.15, -0.1) is 0 Å². The molecule has 1 atom stereocenters. The molecular weight excluding hydrogens is 336 g/mol. The number of carbonyl (C=O) groups excluding carboxylic acids is 2. The van der Waals surface area contributed by atoms with Crippen LogP contribution in [0.2, 0.25) is 5.02 Å². The van der Waals surface area contributed by atoms with Crippen LogP contribution < -0.4 is 5.32 Å². The van der Waals surface area contributed by atoms with Crippen LogP contribution in [0.3, 0.4) is 0 Å². The second-order valence-corrected chi connectivity index (χ2v) is 6.22. The second-order valence-electron chi connectivity index (χ2n) is 5.81. The minimum atomic E-state index is -0.514. The highest BCUT2D eigenvalue weighted by Crippen LogP contribution is 2.19. The summed E-state index contributed by atoms with van der Waals surface area (Å²) in [5.41, 5.74) is 1.75. The molecule has 2 amide bonds. The molecule has 1 N–H and O–H groups in total. The Balaban J connectivity index is 2.27. The molecule has 0 unspecified atom stereocenters. The first kappa shape index (κ1) is 19.0. The number of hydrogen-bond acceptors (Lipinski definition) is 2. The number of amides is 2. The number of hydrogen-bond donors (Lipinski definition) is 1. The van der Waals surface area contributed by atoms with Gasteiger partial charge >= 0.3 is 0 Å². The molecule has 0 aromatic heterocycles. The van der Waals surface area contributed by atoms with Crippen molar-refractivity contribution < 1.29 is 9.59 Å². The summed E-state index contributed by atoms with van der Waals surface area (Å²) >= 11 is 6.19. The molecule has 5 heteroatoms. The number of likely N-dealkylation sites (N-methyl/N-ethyl adjacent to an activating group) is 1. The maximum Gasteiger partial charge on any atom is 0.242 e. The lowest BCUT2D eigenvalue weighted by Crippen LogP contribution is -2.48. The van der Waals surface area contributed by atoms with E-state index in [1.807, 2.05) is 55.5 Å². The summed E-state index contributed by atoms with van der Waals surface area (Å²) in [5.74, 6) is -0.279. The first-order valence-electron chi connectivity index (χ1n) is 8.35. The number of carbonyl (C=O) groups is 2. The summed E-state index contributed by atoms with van der Waals surface area (Å²) in [6, 6.07) is 16.4. The van der Waals surface area contributed by atoms with Gasteiger partial charge in [0, 0.05) is 18.6 Å². The number of benzene rings is 2. The van der Waals surface area contributed by atoms with Crippen molar-refractivity contribution in [3.05, 3.63) is 70.7 Å². The van der Waals surface area contributed by atoms with Crippen molar-refractivity contribution in [2.24, 2.45) is 0 Å². The highest BCUT2D eigenvalue weighted by molar-refractivity contribution is 6.31. The normalized spacial score (nSPS) is 11.6. The Bertz CT molecular complexity index is 719. The zero-order valence-electron chi connectivity index (χ0n) is 14.5. The Morgan fingerprint density at radius 2 is 1.72 bits per heavy atom. The predicted molar refractivity (Wildman–Crippen MR) is 100 cm³/mol. The molecule has 0 aliphatic rings. The van der Waals surface area contributed by atoms with Gasteiger partial charge in [0.25, 0.3) is 0 Å². The zero-order chi connectivity index (χ0) is 18.2. The Morgan fingerprint density at radius 3 is 2.32 bits per heavy atom. The van der Waals surface area contributed by atoms with Crippen molar-refractivity contribution in [3.8, 4) is 0 Å². The number of halogens is 1. The number of nitrogens with one attached hydrogen (secondary N) is 1. The van der Waals surface area contributed by atoms with Crippen molar-refractivity contribution in [1.82, 2.24) is 10.2 Å². The average molecular weight is 359 g/mol. The molecule has 0 aliphatic carbocycles. The van der Waals surface area contributed by atoms with Crippen LogP contribution in [0.25, 0.3) is 0 Å². The molecule has 0 aliphatic heterocycles. The average Bonchev–Trinajstić information content (AvgIpc) is 2.64. The third-order valence-corrected chi connectivity index (χ3v) is 4.50. The molecule has 132 valence electrons. The Hall–Kier alpha value is -2.33. The molecule has 0 saturated carbocycles. The number of nitrogens with zero attached hydrogens (tertiary/aromatic N) is 1. The maximum absolute atomic E-state index is 13.0. The first-order chi connectivity index (χ1) is 12.1. The highest BCUT2D eigenvalue weighted by Gasteiger charge is 2.28. The van der Waals surface area contributed by atoms with Gasteiger partial charge in [-0.1, -0.05) is 67.1 Å². The first-order valence-corrected chi connectivity index (χ1v) is 8.73. The van der Waals surface area contributed by atoms with Crippen LogP contribution >= 0.6 is 11.6 Å². The van der Waals surface area contributed by atoms with E-state index in [1.165, 1.54) is 0 Å². The van der Waals surface area contributed by atoms with Crippen LogP contribution in [0.5, 0.6) is 0 Å². The lowest BCUT2D eigenvalue weighted by molar-refractivity contribution is -0.140. The molecular formula is C20H23ClN2O2. The smallest absolute Gasteiger partial charge is 0.242 e. The zero-order valence-corrected chi connectivity index (χ0v) is 15.3. The molecule has 0 spiro atoms. The Kier molecular flexibility index (Phi) is 7.02.